The molecule has 0 aliphatic heterocycles. The molecule has 2 aromatic carbocycles. The highest BCUT2D eigenvalue weighted by molar-refractivity contribution is 5.81. The minimum absolute atomic E-state index is 0.0394. The average molecular weight is 395 g/mol. The third kappa shape index (κ3) is 5.17. The molecule has 154 valence electrons. The Morgan fingerprint density at radius 2 is 1.52 bits per heavy atom. The molecule has 1 aliphatic rings. The van der Waals surface area contributed by atoms with Gasteiger partial charge in [-0.3, -0.25) is 0 Å². The van der Waals surface area contributed by atoms with E-state index < -0.39 is 18.1 Å². The monoisotopic (exact) mass is 395 g/mol. The zero-order valence-corrected chi connectivity index (χ0v) is 17.1. The molecular weight excluding hydrogens is 366 g/mol. The molecule has 2 aromatic rings. The van der Waals surface area contributed by atoms with Gasteiger partial charge in [0.15, 0.2) is 0 Å². The van der Waals surface area contributed by atoms with Crippen LogP contribution in [0.15, 0.2) is 48.5 Å². The number of hydrogen-bond acceptors (Lipinski definition) is 3. The van der Waals surface area contributed by atoms with E-state index in [9.17, 15) is 14.7 Å². The van der Waals surface area contributed by atoms with E-state index >= 15 is 0 Å². The molecule has 0 saturated heterocycles. The van der Waals surface area contributed by atoms with Crippen LogP contribution in [0.25, 0.3) is 11.1 Å². The van der Waals surface area contributed by atoms with Crippen LogP contribution < -0.4 is 5.32 Å². The van der Waals surface area contributed by atoms with E-state index in [0.29, 0.717) is 12.3 Å². The van der Waals surface area contributed by atoms with Crippen LogP contribution in [-0.4, -0.2) is 29.8 Å². The van der Waals surface area contributed by atoms with Gasteiger partial charge in [0, 0.05) is 5.92 Å². The van der Waals surface area contributed by atoms with Crippen molar-refractivity contribution in [1.29, 1.82) is 0 Å². The fourth-order valence-electron chi connectivity index (χ4n) is 3.94. The molecule has 0 saturated carbocycles. The zero-order valence-electron chi connectivity index (χ0n) is 17.1. The first kappa shape index (κ1) is 20.9. The highest BCUT2D eigenvalue weighted by atomic mass is 16.5. The summed E-state index contributed by atoms with van der Waals surface area (Å²) in [7, 11) is 0. The molecule has 0 spiro atoms. The van der Waals surface area contributed by atoms with E-state index in [2.05, 4.69) is 43.4 Å². The lowest BCUT2D eigenvalue weighted by molar-refractivity contribution is -0.139. The van der Waals surface area contributed by atoms with Crippen LogP contribution in [0.5, 0.6) is 0 Å². The topological polar surface area (TPSA) is 75.6 Å². The van der Waals surface area contributed by atoms with Crippen molar-refractivity contribution in [2.45, 2.75) is 51.5 Å². The summed E-state index contributed by atoms with van der Waals surface area (Å²) in [6.07, 6.45) is 2.50. The zero-order chi connectivity index (χ0) is 20.8. The number of unbranched alkanes of at least 4 members (excludes halogenated alkanes) is 1. The van der Waals surface area contributed by atoms with Gasteiger partial charge in [0.2, 0.25) is 0 Å². The maximum atomic E-state index is 12.3. The lowest BCUT2D eigenvalue weighted by Crippen LogP contribution is -2.41. The fraction of sp³-hybridized carbons (Fsp3) is 0.417. The number of amides is 1. The molecular formula is C24H29NO4. The number of benzene rings is 2. The molecule has 3 rings (SSSR count). The van der Waals surface area contributed by atoms with Crippen LogP contribution in [-0.2, 0) is 9.53 Å². The van der Waals surface area contributed by atoms with Gasteiger partial charge in [-0.15, -0.1) is 0 Å². The van der Waals surface area contributed by atoms with Gasteiger partial charge in [-0.25, -0.2) is 9.59 Å². The van der Waals surface area contributed by atoms with Crippen molar-refractivity contribution in [3.63, 3.8) is 0 Å². The Bertz CT molecular complexity index is 816. The van der Waals surface area contributed by atoms with Gasteiger partial charge in [0.1, 0.15) is 12.6 Å². The standard InChI is InChI=1S/C24H29NO4/c1-16(2)9-3-8-14-22(23(26)27)25-24(28)29-15-21-19-12-6-4-10-17(19)18-11-5-7-13-20(18)21/h4-7,10-13,16,21-22H,3,8-9,14-15H2,1-2H3,(H,25,28)(H,26,27)/t22-/m0/s1. The number of rotatable bonds is 9. The number of ether oxygens (including phenoxy) is 1. The SMILES string of the molecule is CC(C)CCCC[C@H](NC(=O)OCC1c2ccccc2-c2ccccc21)C(=O)O. The van der Waals surface area contributed by atoms with Crippen LogP contribution in [0.1, 0.15) is 56.6 Å². The Hall–Kier alpha value is -2.82. The molecule has 0 bridgehead atoms. The summed E-state index contributed by atoms with van der Waals surface area (Å²) in [5.74, 6) is -0.473. The van der Waals surface area contributed by atoms with Gasteiger partial charge in [0.05, 0.1) is 0 Å². The first-order chi connectivity index (χ1) is 14.0. The molecule has 5 nitrogen and oxygen atoms in total. The normalized spacial score (nSPS) is 13.6. The second-order valence-electron chi connectivity index (χ2n) is 8.04. The van der Waals surface area contributed by atoms with Crippen molar-refractivity contribution in [1.82, 2.24) is 5.32 Å². The molecule has 0 radical (unpaired) electrons. The van der Waals surface area contributed by atoms with Crippen LogP contribution >= 0.6 is 0 Å². The van der Waals surface area contributed by atoms with Crippen molar-refractivity contribution >= 4 is 12.1 Å². The number of nitrogens with one attached hydrogen (secondary N) is 1. The number of carbonyl (C=O) groups is 2. The Balaban J connectivity index is 1.58. The second kappa shape index (κ2) is 9.59. The van der Waals surface area contributed by atoms with E-state index in [4.69, 9.17) is 4.74 Å². The fourth-order valence-corrected chi connectivity index (χ4v) is 3.94. The summed E-state index contributed by atoms with van der Waals surface area (Å²) < 4.78 is 5.45. The first-order valence-electron chi connectivity index (χ1n) is 10.3. The molecule has 29 heavy (non-hydrogen) atoms. The minimum Gasteiger partial charge on any atom is -0.480 e. The predicted molar refractivity (Wildman–Crippen MR) is 113 cm³/mol. The second-order valence-corrected chi connectivity index (χ2v) is 8.04. The molecule has 0 unspecified atom stereocenters. The Morgan fingerprint density at radius 1 is 0.966 bits per heavy atom. The summed E-state index contributed by atoms with van der Waals surface area (Å²) in [4.78, 5) is 23.8. The van der Waals surface area contributed by atoms with Crippen LogP contribution in [0.3, 0.4) is 0 Å². The molecule has 1 atom stereocenters. The summed E-state index contributed by atoms with van der Waals surface area (Å²) in [6, 6.07) is 15.3. The molecule has 2 N–H and O–H groups in total. The third-order valence-electron chi connectivity index (χ3n) is 5.46. The lowest BCUT2D eigenvalue weighted by Gasteiger charge is -2.17. The summed E-state index contributed by atoms with van der Waals surface area (Å²) >= 11 is 0. The minimum atomic E-state index is -1.02. The van der Waals surface area contributed by atoms with E-state index in [1.165, 1.54) is 0 Å². The van der Waals surface area contributed by atoms with Gasteiger partial charge in [0.25, 0.3) is 0 Å². The molecule has 5 heteroatoms. The number of hydrogen-bond donors (Lipinski definition) is 2. The van der Waals surface area contributed by atoms with Crippen molar-refractivity contribution in [2.75, 3.05) is 6.61 Å². The molecule has 1 amide bonds. The average Bonchev–Trinajstić information content (AvgIpc) is 3.02. The van der Waals surface area contributed by atoms with Crippen LogP contribution in [0.4, 0.5) is 4.79 Å². The predicted octanol–water partition coefficient (Wildman–Crippen LogP) is 5.19. The number of alkyl carbamates (subject to hydrolysis) is 1. The summed E-state index contributed by atoms with van der Waals surface area (Å²) in [6.45, 7) is 4.47. The highest BCUT2D eigenvalue weighted by Gasteiger charge is 2.29. The largest absolute Gasteiger partial charge is 0.480 e. The quantitative estimate of drug-likeness (QED) is 0.573. The van der Waals surface area contributed by atoms with Gasteiger partial charge < -0.3 is 15.2 Å². The number of carboxylic acid groups (broad SMARTS) is 1. The van der Waals surface area contributed by atoms with Crippen molar-refractivity contribution in [3.8, 4) is 11.1 Å². The Labute approximate surface area is 172 Å². The van der Waals surface area contributed by atoms with Gasteiger partial charge in [-0.05, 0) is 34.6 Å². The molecule has 0 aromatic heterocycles. The van der Waals surface area contributed by atoms with Gasteiger partial charge in [-0.1, -0.05) is 81.6 Å². The maximum Gasteiger partial charge on any atom is 0.407 e. The molecule has 1 aliphatic carbocycles. The van der Waals surface area contributed by atoms with Gasteiger partial charge >= 0.3 is 12.1 Å². The van der Waals surface area contributed by atoms with Crippen molar-refractivity contribution in [2.24, 2.45) is 5.92 Å². The number of carboxylic acids is 1. The summed E-state index contributed by atoms with van der Waals surface area (Å²) in [5.41, 5.74) is 4.58. The lowest BCUT2D eigenvalue weighted by atomic mass is 9.98. The third-order valence-corrected chi connectivity index (χ3v) is 5.46. The van der Waals surface area contributed by atoms with Crippen molar-refractivity contribution < 1.29 is 19.4 Å². The highest BCUT2D eigenvalue weighted by Crippen LogP contribution is 2.44. The smallest absolute Gasteiger partial charge is 0.407 e. The van der Waals surface area contributed by atoms with E-state index in [0.717, 1.165) is 41.5 Å². The van der Waals surface area contributed by atoms with E-state index in [1.54, 1.807) is 0 Å². The molecule has 0 heterocycles. The van der Waals surface area contributed by atoms with E-state index in [1.807, 2.05) is 24.3 Å². The first-order valence-corrected chi connectivity index (χ1v) is 10.3. The van der Waals surface area contributed by atoms with E-state index in [-0.39, 0.29) is 12.5 Å². The molecule has 0 fully saturated rings. The van der Waals surface area contributed by atoms with Crippen molar-refractivity contribution in [3.05, 3.63) is 59.7 Å². The Kier molecular flexibility index (Phi) is 6.91. The van der Waals surface area contributed by atoms with Gasteiger partial charge in [-0.2, -0.15) is 0 Å². The maximum absolute atomic E-state index is 12.3. The van der Waals surface area contributed by atoms with Crippen LogP contribution in [0, 0.1) is 5.92 Å². The number of fused-ring (bicyclic) bond motifs is 3. The van der Waals surface area contributed by atoms with Crippen LogP contribution in [0.2, 0.25) is 0 Å². The number of carbonyl (C=O) groups excluding carboxylic acids is 1. The Morgan fingerprint density at radius 3 is 2.07 bits per heavy atom. The summed E-state index contributed by atoms with van der Waals surface area (Å²) in [5, 5.41) is 11.9. The number of aliphatic carboxylic acids is 1.